The highest BCUT2D eigenvalue weighted by atomic mass is 32.2. The molecule has 0 saturated heterocycles. The average Bonchev–Trinajstić information content (AvgIpc) is 2.97. The number of nitrogens with zero attached hydrogens (tertiary/aromatic N) is 3. The van der Waals surface area contributed by atoms with E-state index in [1.807, 2.05) is 31.5 Å². The molecule has 0 radical (unpaired) electrons. The molecule has 6 heteroatoms. The van der Waals surface area contributed by atoms with Crippen LogP contribution in [0.3, 0.4) is 0 Å². The molecule has 0 aliphatic heterocycles. The molecule has 0 aliphatic rings. The summed E-state index contributed by atoms with van der Waals surface area (Å²) >= 11 is 1.54. The van der Waals surface area contributed by atoms with Crippen LogP contribution < -0.4 is 10.2 Å². The number of furan rings is 1. The lowest BCUT2D eigenvalue weighted by Gasteiger charge is -2.21. The van der Waals surface area contributed by atoms with E-state index in [1.54, 1.807) is 6.26 Å². The predicted octanol–water partition coefficient (Wildman–Crippen LogP) is 2.86. The quantitative estimate of drug-likeness (QED) is 0.648. The van der Waals surface area contributed by atoms with Crippen LogP contribution in [-0.2, 0) is 6.54 Å². The number of nitrogens with one attached hydrogen (secondary N) is 1. The predicted molar refractivity (Wildman–Crippen MR) is 78.8 cm³/mol. The maximum absolute atomic E-state index is 5.39. The molecule has 0 amide bonds. The molecule has 2 aromatic heterocycles. The van der Waals surface area contributed by atoms with E-state index in [-0.39, 0.29) is 0 Å². The van der Waals surface area contributed by atoms with Crippen molar-refractivity contribution in [3.8, 4) is 0 Å². The fraction of sp³-hybridized carbons (Fsp3) is 0.385. The van der Waals surface area contributed by atoms with Gasteiger partial charge in [-0.3, -0.25) is 0 Å². The molecule has 19 heavy (non-hydrogen) atoms. The molecule has 5 nitrogen and oxygen atoms in total. The van der Waals surface area contributed by atoms with E-state index in [0.717, 1.165) is 29.1 Å². The Morgan fingerprint density at radius 2 is 2.26 bits per heavy atom. The Morgan fingerprint density at radius 1 is 1.42 bits per heavy atom. The van der Waals surface area contributed by atoms with Crippen LogP contribution >= 0.6 is 11.8 Å². The van der Waals surface area contributed by atoms with Gasteiger partial charge in [0.05, 0.1) is 12.8 Å². The van der Waals surface area contributed by atoms with E-state index in [9.17, 15) is 0 Å². The zero-order valence-electron chi connectivity index (χ0n) is 11.4. The standard InChI is InChI=1S/C13H18N4OS/c1-4-17(9-10-6-5-7-18-10)12-8-11(14-2)15-13(16-12)19-3/h5-8H,4,9H2,1-3H3,(H,14,15,16). The van der Waals surface area contributed by atoms with Gasteiger partial charge < -0.3 is 14.6 Å². The molecular weight excluding hydrogens is 260 g/mol. The minimum absolute atomic E-state index is 0.706. The summed E-state index contributed by atoms with van der Waals surface area (Å²) in [6, 6.07) is 5.82. The van der Waals surface area contributed by atoms with Crippen molar-refractivity contribution < 1.29 is 4.42 Å². The van der Waals surface area contributed by atoms with Gasteiger partial charge >= 0.3 is 0 Å². The molecule has 0 aliphatic carbocycles. The third-order valence-electron chi connectivity index (χ3n) is 2.76. The monoisotopic (exact) mass is 278 g/mol. The number of anilines is 2. The van der Waals surface area contributed by atoms with Crippen molar-refractivity contribution in [3.63, 3.8) is 0 Å². The number of thioether (sulfide) groups is 1. The van der Waals surface area contributed by atoms with E-state index in [0.29, 0.717) is 6.54 Å². The smallest absolute Gasteiger partial charge is 0.191 e. The first-order valence-electron chi connectivity index (χ1n) is 6.15. The number of rotatable bonds is 6. The lowest BCUT2D eigenvalue weighted by atomic mass is 10.3. The van der Waals surface area contributed by atoms with Gasteiger partial charge in [0.1, 0.15) is 17.4 Å². The molecule has 0 bridgehead atoms. The zero-order valence-corrected chi connectivity index (χ0v) is 12.2. The third-order valence-corrected chi connectivity index (χ3v) is 3.31. The second-order valence-electron chi connectivity index (χ2n) is 3.94. The average molecular weight is 278 g/mol. The summed E-state index contributed by atoms with van der Waals surface area (Å²) in [5.41, 5.74) is 0. The van der Waals surface area contributed by atoms with Crippen molar-refractivity contribution >= 4 is 23.4 Å². The summed E-state index contributed by atoms with van der Waals surface area (Å²) in [6.07, 6.45) is 3.66. The summed E-state index contributed by atoms with van der Waals surface area (Å²) in [6.45, 7) is 3.66. The van der Waals surface area contributed by atoms with Gasteiger partial charge in [0.2, 0.25) is 0 Å². The van der Waals surface area contributed by atoms with Crippen LogP contribution in [0.1, 0.15) is 12.7 Å². The molecule has 0 unspecified atom stereocenters. The first-order chi connectivity index (χ1) is 9.26. The molecule has 2 aromatic rings. The highest BCUT2D eigenvalue weighted by Gasteiger charge is 2.11. The van der Waals surface area contributed by atoms with Crippen LogP contribution in [0.25, 0.3) is 0 Å². The van der Waals surface area contributed by atoms with Crippen molar-refractivity contribution in [2.75, 3.05) is 30.1 Å². The Bertz CT molecular complexity index is 493. The number of hydrogen-bond donors (Lipinski definition) is 1. The van der Waals surface area contributed by atoms with Crippen molar-refractivity contribution in [2.24, 2.45) is 0 Å². The Balaban J connectivity index is 2.26. The largest absolute Gasteiger partial charge is 0.467 e. The number of aromatic nitrogens is 2. The molecule has 2 rings (SSSR count). The molecule has 0 aromatic carbocycles. The van der Waals surface area contributed by atoms with Gasteiger partial charge in [-0.25, -0.2) is 9.97 Å². The van der Waals surface area contributed by atoms with Gasteiger partial charge in [0.25, 0.3) is 0 Å². The van der Waals surface area contributed by atoms with E-state index in [4.69, 9.17) is 4.42 Å². The van der Waals surface area contributed by atoms with E-state index >= 15 is 0 Å². The zero-order chi connectivity index (χ0) is 13.7. The van der Waals surface area contributed by atoms with Crippen LogP contribution in [-0.4, -0.2) is 29.8 Å². The minimum atomic E-state index is 0.706. The lowest BCUT2D eigenvalue weighted by Crippen LogP contribution is -2.23. The van der Waals surface area contributed by atoms with Gasteiger partial charge in [0, 0.05) is 19.7 Å². The molecule has 102 valence electrons. The SMILES string of the molecule is CCN(Cc1ccco1)c1cc(NC)nc(SC)n1. The van der Waals surface area contributed by atoms with Crippen LogP contribution in [0.15, 0.2) is 34.0 Å². The van der Waals surface area contributed by atoms with Crippen molar-refractivity contribution in [1.82, 2.24) is 9.97 Å². The van der Waals surface area contributed by atoms with Gasteiger partial charge in [0.15, 0.2) is 5.16 Å². The van der Waals surface area contributed by atoms with Gasteiger partial charge in [-0.1, -0.05) is 11.8 Å². The maximum atomic E-state index is 5.39. The molecule has 0 atom stereocenters. The first-order valence-corrected chi connectivity index (χ1v) is 7.37. The fourth-order valence-corrected chi connectivity index (χ4v) is 2.11. The van der Waals surface area contributed by atoms with Gasteiger partial charge in [-0.05, 0) is 25.3 Å². The summed E-state index contributed by atoms with van der Waals surface area (Å²) < 4.78 is 5.39. The third kappa shape index (κ3) is 3.41. The topological polar surface area (TPSA) is 54.2 Å². The van der Waals surface area contributed by atoms with Crippen molar-refractivity contribution in [3.05, 3.63) is 30.2 Å². The summed E-state index contributed by atoms with van der Waals surface area (Å²) in [4.78, 5) is 11.1. The molecule has 2 heterocycles. The van der Waals surface area contributed by atoms with Crippen molar-refractivity contribution in [2.45, 2.75) is 18.6 Å². The highest BCUT2D eigenvalue weighted by Crippen LogP contribution is 2.21. The normalized spacial score (nSPS) is 10.5. The van der Waals surface area contributed by atoms with Crippen LogP contribution in [0.4, 0.5) is 11.6 Å². The Labute approximate surface area is 117 Å². The molecule has 0 spiro atoms. The van der Waals surface area contributed by atoms with Gasteiger partial charge in [-0.2, -0.15) is 0 Å². The first kappa shape index (κ1) is 13.7. The minimum Gasteiger partial charge on any atom is -0.467 e. The molecule has 0 fully saturated rings. The lowest BCUT2D eigenvalue weighted by molar-refractivity contribution is 0.502. The van der Waals surface area contributed by atoms with Crippen LogP contribution in [0.5, 0.6) is 0 Å². The second-order valence-corrected chi connectivity index (χ2v) is 4.72. The summed E-state index contributed by atoms with van der Waals surface area (Å²) in [7, 11) is 1.86. The van der Waals surface area contributed by atoms with Gasteiger partial charge in [-0.15, -0.1) is 0 Å². The van der Waals surface area contributed by atoms with E-state index in [1.165, 1.54) is 11.8 Å². The van der Waals surface area contributed by atoms with E-state index in [2.05, 4.69) is 27.1 Å². The Kier molecular flexibility index (Phi) is 4.68. The summed E-state index contributed by atoms with van der Waals surface area (Å²) in [5, 5.41) is 3.83. The van der Waals surface area contributed by atoms with Crippen LogP contribution in [0, 0.1) is 0 Å². The maximum Gasteiger partial charge on any atom is 0.191 e. The van der Waals surface area contributed by atoms with E-state index < -0.39 is 0 Å². The Morgan fingerprint density at radius 3 is 2.84 bits per heavy atom. The Hall–Kier alpha value is -1.69. The highest BCUT2D eigenvalue weighted by molar-refractivity contribution is 7.98. The summed E-state index contributed by atoms with van der Waals surface area (Å²) in [5.74, 6) is 2.66. The van der Waals surface area contributed by atoms with Crippen LogP contribution in [0.2, 0.25) is 0 Å². The molecule has 1 N–H and O–H groups in total. The van der Waals surface area contributed by atoms with Crippen molar-refractivity contribution in [1.29, 1.82) is 0 Å². The fourth-order valence-electron chi connectivity index (χ4n) is 1.74. The molecular formula is C13H18N4OS. The number of hydrogen-bond acceptors (Lipinski definition) is 6. The second kappa shape index (κ2) is 6.47. The molecule has 0 saturated carbocycles.